The molecule has 0 amide bonds. The molecule has 1 saturated heterocycles. The number of benzene rings is 1. The van der Waals surface area contributed by atoms with Crippen LogP contribution in [-0.2, 0) is 11.3 Å². The SMILES string of the molecule is CC1(CNCc2coc3ccccc23)COC1. The van der Waals surface area contributed by atoms with Crippen LogP contribution >= 0.6 is 0 Å². The molecule has 1 fully saturated rings. The normalized spacial score (nSPS) is 18.2. The Morgan fingerprint density at radius 2 is 2.12 bits per heavy atom. The molecule has 2 aromatic rings. The van der Waals surface area contributed by atoms with Gasteiger partial charge in [0, 0.05) is 29.5 Å². The molecule has 0 unspecified atom stereocenters. The zero-order valence-corrected chi connectivity index (χ0v) is 10.0. The fourth-order valence-corrected chi connectivity index (χ4v) is 2.22. The van der Waals surface area contributed by atoms with Crippen molar-refractivity contribution in [3.63, 3.8) is 0 Å². The van der Waals surface area contributed by atoms with Crippen molar-refractivity contribution in [2.24, 2.45) is 5.41 Å². The van der Waals surface area contributed by atoms with Gasteiger partial charge in [-0.3, -0.25) is 0 Å². The molecule has 0 bridgehead atoms. The van der Waals surface area contributed by atoms with Crippen LogP contribution in [0.4, 0.5) is 0 Å². The number of nitrogens with one attached hydrogen (secondary N) is 1. The minimum absolute atomic E-state index is 0.319. The summed E-state index contributed by atoms with van der Waals surface area (Å²) in [4.78, 5) is 0. The van der Waals surface area contributed by atoms with Crippen LogP contribution in [0.1, 0.15) is 12.5 Å². The summed E-state index contributed by atoms with van der Waals surface area (Å²) in [7, 11) is 0. The molecule has 3 nitrogen and oxygen atoms in total. The van der Waals surface area contributed by atoms with Crippen LogP contribution in [0.15, 0.2) is 34.9 Å². The van der Waals surface area contributed by atoms with Crippen LogP contribution in [-0.4, -0.2) is 19.8 Å². The topological polar surface area (TPSA) is 34.4 Å². The molecule has 1 aliphatic rings. The molecule has 1 aliphatic heterocycles. The largest absolute Gasteiger partial charge is 0.464 e. The summed E-state index contributed by atoms with van der Waals surface area (Å²) < 4.78 is 10.7. The van der Waals surface area contributed by atoms with Gasteiger partial charge in [0.05, 0.1) is 19.5 Å². The van der Waals surface area contributed by atoms with E-state index >= 15 is 0 Å². The number of furan rings is 1. The fourth-order valence-electron chi connectivity index (χ4n) is 2.22. The summed E-state index contributed by atoms with van der Waals surface area (Å²) in [5, 5.41) is 4.69. The van der Waals surface area contributed by atoms with Crippen molar-refractivity contribution >= 4 is 11.0 Å². The van der Waals surface area contributed by atoms with E-state index in [0.717, 1.165) is 31.9 Å². The van der Waals surface area contributed by atoms with Crippen molar-refractivity contribution in [3.8, 4) is 0 Å². The Labute approximate surface area is 101 Å². The molecule has 0 saturated carbocycles. The maximum Gasteiger partial charge on any atom is 0.134 e. The molecule has 1 N–H and O–H groups in total. The highest BCUT2D eigenvalue weighted by Crippen LogP contribution is 2.26. The number of hydrogen-bond acceptors (Lipinski definition) is 3. The van der Waals surface area contributed by atoms with Gasteiger partial charge in [-0.05, 0) is 6.07 Å². The van der Waals surface area contributed by atoms with Crippen molar-refractivity contribution < 1.29 is 9.15 Å². The lowest BCUT2D eigenvalue weighted by Gasteiger charge is -2.38. The van der Waals surface area contributed by atoms with Crippen LogP contribution in [0.25, 0.3) is 11.0 Å². The summed E-state index contributed by atoms with van der Waals surface area (Å²) in [6.07, 6.45) is 1.84. The molecule has 0 radical (unpaired) electrons. The van der Waals surface area contributed by atoms with Crippen molar-refractivity contribution in [1.29, 1.82) is 0 Å². The van der Waals surface area contributed by atoms with E-state index in [1.165, 1.54) is 10.9 Å². The lowest BCUT2D eigenvalue weighted by molar-refractivity contribution is -0.0991. The number of hydrogen-bond donors (Lipinski definition) is 1. The summed E-state index contributed by atoms with van der Waals surface area (Å²) in [5.74, 6) is 0. The monoisotopic (exact) mass is 231 g/mol. The first-order valence-electron chi connectivity index (χ1n) is 6.00. The van der Waals surface area contributed by atoms with E-state index in [4.69, 9.17) is 9.15 Å². The molecule has 17 heavy (non-hydrogen) atoms. The molecule has 3 heteroatoms. The van der Waals surface area contributed by atoms with Crippen molar-refractivity contribution in [2.45, 2.75) is 13.5 Å². The average Bonchev–Trinajstić information content (AvgIpc) is 2.71. The lowest BCUT2D eigenvalue weighted by atomic mass is 9.89. The zero-order chi connectivity index (χ0) is 11.7. The third-order valence-electron chi connectivity index (χ3n) is 3.33. The van der Waals surface area contributed by atoms with Crippen molar-refractivity contribution in [1.82, 2.24) is 5.32 Å². The summed E-state index contributed by atoms with van der Waals surface area (Å²) in [5.41, 5.74) is 2.51. The lowest BCUT2D eigenvalue weighted by Crippen LogP contribution is -2.47. The molecular formula is C14H17NO2. The van der Waals surface area contributed by atoms with Crippen LogP contribution in [0.5, 0.6) is 0 Å². The molecule has 1 aromatic heterocycles. The first-order valence-corrected chi connectivity index (χ1v) is 6.00. The smallest absolute Gasteiger partial charge is 0.134 e. The van der Waals surface area contributed by atoms with Crippen LogP contribution in [0.2, 0.25) is 0 Å². The van der Waals surface area contributed by atoms with Crippen LogP contribution < -0.4 is 5.32 Å². The van der Waals surface area contributed by atoms with E-state index in [-0.39, 0.29) is 0 Å². The van der Waals surface area contributed by atoms with Crippen LogP contribution in [0.3, 0.4) is 0 Å². The van der Waals surface area contributed by atoms with Crippen LogP contribution in [0, 0.1) is 5.41 Å². The second-order valence-corrected chi connectivity index (χ2v) is 5.16. The van der Waals surface area contributed by atoms with Gasteiger partial charge in [-0.15, -0.1) is 0 Å². The quantitative estimate of drug-likeness (QED) is 0.878. The second kappa shape index (κ2) is 4.17. The third-order valence-corrected chi connectivity index (χ3v) is 3.33. The van der Waals surface area contributed by atoms with E-state index in [9.17, 15) is 0 Å². The van der Waals surface area contributed by atoms with E-state index in [2.05, 4.69) is 18.3 Å². The fraction of sp³-hybridized carbons (Fsp3) is 0.429. The molecular weight excluding hydrogens is 214 g/mol. The van der Waals surface area contributed by atoms with Gasteiger partial charge in [0.1, 0.15) is 5.58 Å². The molecule has 3 rings (SSSR count). The maximum absolute atomic E-state index is 5.51. The minimum atomic E-state index is 0.319. The van der Waals surface area contributed by atoms with Gasteiger partial charge in [0.2, 0.25) is 0 Å². The molecule has 0 aliphatic carbocycles. The first kappa shape index (κ1) is 10.8. The summed E-state index contributed by atoms with van der Waals surface area (Å²) in [6, 6.07) is 8.14. The highest BCUT2D eigenvalue weighted by atomic mass is 16.5. The van der Waals surface area contributed by atoms with Crippen molar-refractivity contribution in [3.05, 3.63) is 36.1 Å². The Balaban J connectivity index is 1.65. The van der Waals surface area contributed by atoms with Gasteiger partial charge in [-0.2, -0.15) is 0 Å². The van der Waals surface area contributed by atoms with Crippen molar-refractivity contribution in [2.75, 3.05) is 19.8 Å². The number of fused-ring (bicyclic) bond motifs is 1. The predicted molar refractivity (Wildman–Crippen MR) is 66.8 cm³/mol. The van der Waals surface area contributed by atoms with Gasteiger partial charge < -0.3 is 14.5 Å². The Morgan fingerprint density at radius 3 is 2.88 bits per heavy atom. The Kier molecular flexibility index (Phi) is 2.65. The van der Waals surface area contributed by atoms with Gasteiger partial charge in [-0.25, -0.2) is 0 Å². The van der Waals surface area contributed by atoms with Gasteiger partial charge >= 0.3 is 0 Å². The highest BCUT2D eigenvalue weighted by Gasteiger charge is 2.32. The zero-order valence-electron chi connectivity index (χ0n) is 10.0. The number of para-hydroxylation sites is 1. The average molecular weight is 231 g/mol. The summed E-state index contributed by atoms with van der Waals surface area (Å²) >= 11 is 0. The van der Waals surface area contributed by atoms with E-state index < -0.39 is 0 Å². The number of rotatable bonds is 4. The Morgan fingerprint density at radius 1 is 1.29 bits per heavy atom. The maximum atomic E-state index is 5.51. The molecule has 0 atom stereocenters. The number of ether oxygens (including phenoxy) is 1. The second-order valence-electron chi connectivity index (χ2n) is 5.16. The van der Waals surface area contributed by atoms with E-state index in [0.29, 0.717) is 5.41 Å². The molecule has 0 spiro atoms. The van der Waals surface area contributed by atoms with E-state index in [1.54, 1.807) is 0 Å². The third kappa shape index (κ3) is 2.08. The van der Waals surface area contributed by atoms with E-state index in [1.807, 2.05) is 24.5 Å². The predicted octanol–water partition coefficient (Wildman–Crippen LogP) is 2.56. The highest BCUT2D eigenvalue weighted by molar-refractivity contribution is 5.80. The van der Waals surface area contributed by atoms with Gasteiger partial charge in [0.15, 0.2) is 0 Å². The minimum Gasteiger partial charge on any atom is -0.464 e. The molecule has 2 heterocycles. The Bertz CT molecular complexity index is 514. The summed E-state index contributed by atoms with van der Waals surface area (Å²) in [6.45, 7) is 5.83. The first-order chi connectivity index (χ1) is 8.27. The standard InChI is InChI=1S/C14H17NO2/c1-14(9-16-10-14)8-15-6-11-7-17-13-5-3-2-4-12(11)13/h2-5,7,15H,6,8-10H2,1H3. The molecule has 1 aromatic carbocycles. The van der Waals surface area contributed by atoms with Gasteiger partial charge in [0.25, 0.3) is 0 Å². The molecule has 90 valence electrons. The Hall–Kier alpha value is -1.32. The van der Waals surface area contributed by atoms with Gasteiger partial charge in [-0.1, -0.05) is 25.1 Å².